The number of hydrogen-bond acceptors (Lipinski definition) is 4. The molecule has 7 heteroatoms. The summed E-state index contributed by atoms with van der Waals surface area (Å²) >= 11 is 0. The molecule has 0 saturated carbocycles. The molecule has 2 aliphatic heterocycles. The summed E-state index contributed by atoms with van der Waals surface area (Å²) in [7, 11) is 1.75. The van der Waals surface area contributed by atoms with Gasteiger partial charge >= 0.3 is 0 Å². The maximum atomic E-state index is 14.5. The molecule has 0 bridgehead atoms. The van der Waals surface area contributed by atoms with Gasteiger partial charge in [0.15, 0.2) is 5.76 Å². The van der Waals surface area contributed by atoms with Crippen molar-refractivity contribution in [3.63, 3.8) is 0 Å². The number of fused-ring (bicyclic) bond motifs is 1. The number of amides is 1. The maximum absolute atomic E-state index is 14.5. The Morgan fingerprint density at radius 1 is 1.14 bits per heavy atom. The number of piperidine rings is 1. The Morgan fingerprint density at radius 3 is 2.71 bits per heavy atom. The van der Waals surface area contributed by atoms with Crippen molar-refractivity contribution in [1.29, 1.82) is 0 Å². The van der Waals surface area contributed by atoms with E-state index < -0.39 is 11.6 Å². The molecule has 3 aromatic rings. The van der Waals surface area contributed by atoms with Crippen LogP contribution in [0.4, 0.5) is 8.78 Å². The van der Waals surface area contributed by atoms with Crippen LogP contribution in [0.25, 0.3) is 0 Å². The van der Waals surface area contributed by atoms with Crippen molar-refractivity contribution in [2.75, 3.05) is 26.7 Å². The molecule has 0 aliphatic carbocycles. The quantitative estimate of drug-likeness (QED) is 0.473. The summed E-state index contributed by atoms with van der Waals surface area (Å²) in [6.45, 7) is 3.41. The third-order valence-corrected chi connectivity index (χ3v) is 7.33. The van der Waals surface area contributed by atoms with Gasteiger partial charge in [0.1, 0.15) is 17.4 Å². The summed E-state index contributed by atoms with van der Waals surface area (Å²) in [5.41, 5.74) is 2.97. The summed E-state index contributed by atoms with van der Waals surface area (Å²) in [4.78, 5) is 17.2. The number of carbonyl (C=O) groups is 1. The van der Waals surface area contributed by atoms with E-state index >= 15 is 0 Å². The van der Waals surface area contributed by atoms with Gasteiger partial charge in [-0.15, -0.1) is 0 Å². The molecule has 5 nitrogen and oxygen atoms in total. The van der Waals surface area contributed by atoms with Crippen molar-refractivity contribution in [2.45, 2.75) is 38.3 Å². The first-order chi connectivity index (χ1) is 17.0. The number of rotatable bonds is 7. The van der Waals surface area contributed by atoms with E-state index in [0.29, 0.717) is 12.0 Å². The van der Waals surface area contributed by atoms with E-state index in [-0.39, 0.29) is 23.6 Å². The predicted molar refractivity (Wildman–Crippen MR) is 128 cm³/mol. The van der Waals surface area contributed by atoms with E-state index in [9.17, 15) is 13.6 Å². The molecule has 1 atom stereocenters. The summed E-state index contributed by atoms with van der Waals surface area (Å²) in [6.07, 6.45) is 4.53. The van der Waals surface area contributed by atoms with Crippen LogP contribution in [-0.2, 0) is 19.4 Å². The van der Waals surface area contributed by atoms with Gasteiger partial charge in [-0.2, -0.15) is 0 Å². The van der Waals surface area contributed by atoms with Crippen LogP contribution in [0.5, 0.6) is 5.75 Å². The second-order valence-corrected chi connectivity index (χ2v) is 9.55. The van der Waals surface area contributed by atoms with Crippen molar-refractivity contribution in [3.05, 3.63) is 88.9 Å². The van der Waals surface area contributed by atoms with Crippen molar-refractivity contribution in [1.82, 2.24) is 9.80 Å². The molecule has 2 aliphatic rings. The van der Waals surface area contributed by atoms with Gasteiger partial charge in [-0.1, -0.05) is 18.2 Å². The van der Waals surface area contributed by atoms with Crippen LogP contribution in [0.15, 0.2) is 59.2 Å². The average Bonchev–Trinajstić information content (AvgIpc) is 3.56. The molecule has 35 heavy (non-hydrogen) atoms. The minimum Gasteiger partial charge on any atom is -0.493 e. The van der Waals surface area contributed by atoms with E-state index in [0.717, 1.165) is 57.3 Å². The van der Waals surface area contributed by atoms with Crippen molar-refractivity contribution < 1.29 is 22.7 Å². The van der Waals surface area contributed by atoms with Crippen LogP contribution < -0.4 is 4.74 Å². The molecular weight excluding hydrogens is 450 g/mol. The molecule has 0 N–H and O–H groups in total. The SMILES string of the molecule is CN(C(=O)c1ccco1)[C@@H](Cc1ccc(F)cc1F)C1CCN(Cc2ccc3c(c2)CCO3)CC1. The zero-order chi connectivity index (χ0) is 24.4. The molecular formula is C28H30F2N2O3. The summed E-state index contributed by atoms with van der Waals surface area (Å²) in [6, 6.07) is 13.2. The fourth-order valence-electron chi connectivity index (χ4n) is 5.35. The van der Waals surface area contributed by atoms with Crippen LogP contribution in [0.3, 0.4) is 0 Å². The third kappa shape index (κ3) is 5.25. The second kappa shape index (κ2) is 10.2. The Bertz CT molecular complexity index is 1170. The van der Waals surface area contributed by atoms with Crippen LogP contribution in [0.1, 0.15) is 40.1 Å². The number of ether oxygens (including phenoxy) is 1. The van der Waals surface area contributed by atoms with Crippen molar-refractivity contribution in [2.24, 2.45) is 5.92 Å². The molecule has 184 valence electrons. The number of benzene rings is 2. The van der Waals surface area contributed by atoms with Gasteiger partial charge in [-0.3, -0.25) is 9.69 Å². The van der Waals surface area contributed by atoms with Gasteiger partial charge in [0, 0.05) is 32.1 Å². The second-order valence-electron chi connectivity index (χ2n) is 9.55. The Hall–Kier alpha value is -3.19. The molecule has 2 aromatic carbocycles. The number of hydrogen-bond donors (Lipinski definition) is 0. The van der Waals surface area contributed by atoms with E-state index in [1.807, 2.05) is 0 Å². The fraction of sp³-hybridized carbons (Fsp3) is 0.393. The zero-order valence-electron chi connectivity index (χ0n) is 19.9. The number of nitrogens with zero attached hydrogens (tertiary/aromatic N) is 2. The van der Waals surface area contributed by atoms with Gasteiger partial charge in [0.05, 0.1) is 12.9 Å². The first kappa shape index (κ1) is 23.5. The van der Waals surface area contributed by atoms with Crippen molar-refractivity contribution >= 4 is 5.91 Å². The molecule has 1 aromatic heterocycles. The summed E-state index contributed by atoms with van der Waals surface area (Å²) in [5, 5.41) is 0. The molecule has 0 radical (unpaired) electrons. The number of halogens is 2. The third-order valence-electron chi connectivity index (χ3n) is 7.33. The number of carbonyl (C=O) groups excluding carboxylic acids is 1. The highest BCUT2D eigenvalue weighted by molar-refractivity contribution is 5.91. The predicted octanol–water partition coefficient (Wildman–Crippen LogP) is 5.09. The van der Waals surface area contributed by atoms with E-state index in [4.69, 9.17) is 9.15 Å². The Kier molecular flexibility index (Phi) is 6.86. The lowest BCUT2D eigenvalue weighted by molar-refractivity contribution is 0.0554. The molecule has 5 rings (SSSR count). The first-order valence-corrected chi connectivity index (χ1v) is 12.2. The molecule has 1 saturated heterocycles. The summed E-state index contributed by atoms with van der Waals surface area (Å²) in [5.74, 6) is 0.0298. The number of furan rings is 1. The minimum absolute atomic E-state index is 0.188. The highest BCUT2D eigenvalue weighted by atomic mass is 19.1. The maximum Gasteiger partial charge on any atom is 0.289 e. The van der Waals surface area contributed by atoms with Crippen LogP contribution >= 0.6 is 0 Å². The largest absolute Gasteiger partial charge is 0.493 e. The van der Waals surface area contributed by atoms with Gasteiger partial charge < -0.3 is 14.1 Å². The standard InChI is InChI=1S/C28H30F2N2O3/c1-31(28(33)27-3-2-13-34-27)25(16-21-5-6-23(29)17-24(21)30)20-8-11-32(12-9-20)18-19-4-7-26-22(15-19)10-14-35-26/h2-7,13,15,17,20,25H,8-12,14,16,18H2,1H3/t25-/m0/s1. The van der Waals surface area contributed by atoms with Gasteiger partial charge in [-0.05, 0) is 79.2 Å². The van der Waals surface area contributed by atoms with E-state index in [1.165, 1.54) is 29.5 Å². The van der Waals surface area contributed by atoms with Gasteiger partial charge in [-0.25, -0.2) is 8.78 Å². The highest BCUT2D eigenvalue weighted by Gasteiger charge is 2.33. The first-order valence-electron chi connectivity index (χ1n) is 12.2. The van der Waals surface area contributed by atoms with Crippen LogP contribution in [-0.4, -0.2) is 48.5 Å². The molecule has 3 heterocycles. The normalized spacial score (nSPS) is 17.1. The van der Waals surface area contributed by atoms with E-state index in [2.05, 4.69) is 23.1 Å². The van der Waals surface area contributed by atoms with Crippen LogP contribution in [0, 0.1) is 17.6 Å². The van der Waals surface area contributed by atoms with E-state index in [1.54, 1.807) is 24.1 Å². The molecule has 1 amide bonds. The molecule has 1 fully saturated rings. The van der Waals surface area contributed by atoms with Crippen LogP contribution in [0.2, 0.25) is 0 Å². The minimum atomic E-state index is -0.603. The number of likely N-dealkylation sites (tertiary alicyclic amines) is 1. The Balaban J connectivity index is 1.28. The van der Waals surface area contributed by atoms with Crippen molar-refractivity contribution in [3.8, 4) is 5.75 Å². The topological polar surface area (TPSA) is 45.9 Å². The average molecular weight is 481 g/mol. The molecule has 0 spiro atoms. The monoisotopic (exact) mass is 480 g/mol. The van der Waals surface area contributed by atoms with Gasteiger partial charge in [0.25, 0.3) is 5.91 Å². The fourth-order valence-corrected chi connectivity index (χ4v) is 5.35. The van der Waals surface area contributed by atoms with Gasteiger partial charge in [0.2, 0.25) is 0 Å². The lowest BCUT2D eigenvalue weighted by atomic mass is 9.84. The highest BCUT2D eigenvalue weighted by Crippen LogP contribution is 2.30. The summed E-state index contributed by atoms with van der Waals surface area (Å²) < 4.78 is 39.0. The lowest BCUT2D eigenvalue weighted by Gasteiger charge is -2.40. The molecule has 0 unspecified atom stereocenters. The number of likely N-dealkylation sites (N-methyl/N-ethyl adjacent to an activating group) is 1. The zero-order valence-corrected chi connectivity index (χ0v) is 19.9. The Morgan fingerprint density at radius 2 is 1.97 bits per heavy atom. The Labute approximate surface area is 204 Å². The lowest BCUT2D eigenvalue weighted by Crippen LogP contribution is -2.47. The smallest absolute Gasteiger partial charge is 0.289 e.